The summed E-state index contributed by atoms with van der Waals surface area (Å²) in [5, 5.41) is 0. The molecule has 1 unspecified atom stereocenters. The minimum absolute atomic E-state index is 0.126. The van der Waals surface area contributed by atoms with Crippen LogP contribution < -0.4 is 9.47 Å². The van der Waals surface area contributed by atoms with Crippen molar-refractivity contribution in [2.75, 3.05) is 40.4 Å². The number of halogens is 2. The van der Waals surface area contributed by atoms with Crippen LogP contribution in [0.1, 0.15) is 67.8 Å². The molecule has 1 heterocycles. The first-order chi connectivity index (χ1) is 18.4. The summed E-state index contributed by atoms with van der Waals surface area (Å²) in [5.74, 6) is 0.481. The smallest absolute Gasteiger partial charge is 0.254 e. The predicted octanol–water partition coefficient (Wildman–Crippen LogP) is 6.57. The Bertz CT molecular complexity index is 1110. The van der Waals surface area contributed by atoms with E-state index in [1.807, 2.05) is 11.8 Å². The monoisotopic (exact) mass is 526 g/mol. The highest BCUT2D eigenvalue weighted by Crippen LogP contribution is 2.29. The Kier molecular flexibility index (Phi) is 9.78. The maximum Gasteiger partial charge on any atom is 0.254 e. The lowest BCUT2D eigenvalue weighted by molar-refractivity contribution is 0.0709. The number of nitrogens with zero attached hydrogens (tertiary/aromatic N) is 2. The Morgan fingerprint density at radius 1 is 1.00 bits per heavy atom. The van der Waals surface area contributed by atoms with Gasteiger partial charge in [-0.3, -0.25) is 9.69 Å². The molecule has 1 aliphatic heterocycles. The van der Waals surface area contributed by atoms with Gasteiger partial charge in [-0.25, -0.2) is 8.78 Å². The van der Waals surface area contributed by atoms with Crippen molar-refractivity contribution in [1.82, 2.24) is 9.80 Å². The van der Waals surface area contributed by atoms with Crippen molar-refractivity contribution in [3.8, 4) is 11.5 Å². The number of hydrogen-bond donors (Lipinski definition) is 0. The van der Waals surface area contributed by atoms with Crippen molar-refractivity contribution in [2.24, 2.45) is 5.92 Å². The van der Waals surface area contributed by atoms with Crippen LogP contribution in [0.4, 0.5) is 8.78 Å². The highest BCUT2D eigenvalue weighted by molar-refractivity contribution is 5.95. The highest BCUT2D eigenvalue weighted by atomic mass is 19.1. The molecule has 1 atom stereocenters. The van der Waals surface area contributed by atoms with Crippen LogP contribution in [-0.4, -0.2) is 62.1 Å². The Morgan fingerprint density at radius 2 is 1.71 bits per heavy atom. The van der Waals surface area contributed by atoms with Gasteiger partial charge < -0.3 is 14.4 Å². The minimum atomic E-state index is -0.616. The normalized spacial score (nSPS) is 19.0. The number of benzene rings is 2. The molecular formula is C31H40F2N2O3. The van der Waals surface area contributed by atoms with Crippen LogP contribution in [0, 0.1) is 17.6 Å². The summed E-state index contributed by atoms with van der Waals surface area (Å²) in [4.78, 5) is 18.3. The number of carbonyl (C=O) groups excluding carboxylic acids is 1. The molecule has 206 valence electrons. The lowest BCUT2D eigenvalue weighted by Gasteiger charge is -2.34. The van der Waals surface area contributed by atoms with Gasteiger partial charge in [0.15, 0.2) is 0 Å². The fourth-order valence-corrected chi connectivity index (χ4v) is 5.86. The summed E-state index contributed by atoms with van der Waals surface area (Å²) in [7, 11) is 3.12. The van der Waals surface area contributed by atoms with Crippen molar-refractivity contribution in [3.05, 3.63) is 64.7 Å². The van der Waals surface area contributed by atoms with Crippen LogP contribution in [-0.2, 0) is 0 Å². The molecule has 2 aromatic carbocycles. The zero-order valence-corrected chi connectivity index (χ0v) is 22.8. The summed E-state index contributed by atoms with van der Waals surface area (Å²) >= 11 is 0. The third-order valence-corrected chi connectivity index (χ3v) is 7.84. The number of rotatable bonds is 10. The molecule has 1 saturated heterocycles. The molecule has 5 nitrogen and oxygen atoms in total. The second-order valence-corrected chi connectivity index (χ2v) is 10.7. The molecule has 0 aromatic heterocycles. The van der Waals surface area contributed by atoms with E-state index in [1.165, 1.54) is 44.2 Å². The van der Waals surface area contributed by atoms with Crippen LogP contribution in [0.15, 0.2) is 42.0 Å². The van der Waals surface area contributed by atoms with E-state index in [-0.39, 0.29) is 11.9 Å². The third kappa shape index (κ3) is 7.34. The predicted molar refractivity (Wildman–Crippen MR) is 147 cm³/mol. The van der Waals surface area contributed by atoms with E-state index in [2.05, 4.69) is 4.90 Å². The molecule has 2 fully saturated rings. The van der Waals surface area contributed by atoms with Crippen LogP contribution in [0.3, 0.4) is 0 Å². The molecule has 1 amide bonds. The Hall–Kier alpha value is -2.93. The van der Waals surface area contributed by atoms with Gasteiger partial charge >= 0.3 is 0 Å². The standard InChI is InChI=1S/C31H40F2N2O3/c1-22(14-24-11-12-26(32)17-30(24)33)19-35(31(36)25-15-28(37-2)18-29(16-25)38-3)21-27-10-7-13-34(27)20-23-8-5-4-6-9-23/h11-12,14-18,23,27H,4-10,13,19-21H2,1-3H3/b22-14+. The van der Waals surface area contributed by atoms with E-state index in [1.54, 1.807) is 38.5 Å². The molecule has 1 aliphatic carbocycles. The molecule has 7 heteroatoms. The van der Waals surface area contributed by atoms with Crippen LogP contribution in [0.5, 0.6) is 11.5 Å². The Labute approximate surface area is 225 Å². The first-order valence-electron chi connectivity index (χ1n) is 13.7. The van der Waals surface area contributed by atoms with Gasteiger partial charge in [-0.1, -0.05) is 30.9 Å². The maximum absolute atomic E-state index is 14.3. The molecule has 0 spiro atoms. The average Bonchev–Trinajstić information content (AvgIpc) is 3.35. The highest BCUT2D eigenvalue weighted by Gasteiger charge is 2.31. The fourth-order valence-electron chi connectivity index (χ4n) is 5.86. The number of carbonyl (C=O) groups is 1. The summed E-state index contributed by atoms with van der Waals surface area (Å²) in [6.07, 6.45) is 10.4. The Morgan fingerprint density at radius 3 is 2.37 bits per heavy atom. The van der Waals surface area contributed by atoms with Gasteiger partial charge in [0.1, 0.15) is 23.1 Å². The second-order valence-electron chi connectivity index (χ2n) is 10.7. The number of likely N-dealkylation sites (tertiary alicyclic amines) is 1. The lowest BCUT2D eigenvalue weighted by atomic mass is 9.89. The molecule has 2 aromatic rings. The Balaban J connectivity index is 1.58. The van der Waals surface area contributed by atoms with Crippen molar-refractivity contribution < 1.29 is 23.0 Å². The van der Waals surface area contributed by atoms with Crippen LogP contribution in [0.25, 0.3) is 6.08 Å². The van der Waals surface area contributed by atoms with E-state index in [9.17, 15) is 13.6 Å². The van der Waals surface area contributed by atoms with E-state index in [4.69, 9.17) is 9.47 Å². The van der Waals surface area contributed by atoms with Crippen molar-refractivity contribution in [2.45, 2.75) is 57.9 Å². The number of methoxy groups -OCH3 is 2. The quantitative estimate of drug-likeness (QED) is 0.351. The zero-order valence-electron chi connectivity index (χ0n) is 22.8. The van der Waals surface area contributed by atoms with Crippen molar-refractivity contribution in [1.29, 1.82) is 0 Å². The first kappa shape index (κ1) is 28.1. The number of ether oxygens (including phenoxy) is 2. The number of amides is 1. The average molecular weight is 527 g/mol. The molecule has 4 rings (SSSR count). The second kappa shape index (κ2) is 13.2. The molecule has 2 aliphatic rings. The van der Waals surface area contributed by atoms with Gasteiger partial charge in [-0.05, 0) is 69.3 Å². The maximum atomic E-state index is 14.3. The van der Waals surface area contributed by atoms with E-state index in [0.29, 0.717) is 35.7 Å². The molecular weight excluding hydrogens is 486 g/mol. The summed E-state index contributed by atoms with van der Waals surface area (Å²) in [6, 6.07) is 9.03. The van der Waals surface area contributed by atoms with Gasteiger partial charge in [0.2, 0.25) is 0 Å². The zero-order chi connectivity index (χ0) is 27.1. The SMILES string of the molecule is COc1cc(OC)cc(C(=O)N(C/C(C)=C/c2ccc(F)cc2F)CC2CCCN2CC2CCCCC2)c1. The first-order valence-corrected chi connectivity index (χ1v) is 13.7. The molecule has 0 N–H and O–H groups in total. The molecule has 0 bridgehead atoms. The van der Waals surface area contributed by atoms with Crippen LogP contribution in [0.2, 0.25) is 0 Å². The fraction of sp³-hybridized carbons (Fsp3) is 0.516. The molecule has 1 saturated carbocycles. The van der Waals surface area contributed by atoms with Crippen molar-refractivity contribution in [3.63, 3.8) is 0 Å². The van der Waals surface area contributed by atoms with E-state index >= 15 is 0 Å². The lowest BCUT2D eigenvalue weighted by Crippen LogP contribution is -2.45. The van der Waals surface area contributed by atoms with Gasteiger partial charge in [0, 0.05) is 48.9 Å². The van der Waals surface area contributed by atoms with Crippen molar-refractivity contribution >= 4 is 12.0 Å². The summed E-state index contributed by atoms with van der Waals surface area (Å²) < 4.78 is 38.6. The molecule has 0 radical (unpaired) electrons. The minimum Gasteiger partial charge on any atom is -0.497 e. The van der Waals surface area contributed by atoms with Gasteiger partial charge in [0.05, 0.1) is 14.2 Å². The van der Waals surface area contributed by atoms with E-state index in [0.717, 1.165) is 43.5 Å². The van der Waals surface area contributed by atoms with Crippen LogP contribution >= 0.6 is 0 Å². The number of hydrogen-bond acceptors (Lipinski definition) is 4. The third-order valence-electron chi connectivity index (χ3n) is 7.84. The molecule has 38 heavy (non-hydrogen) atoms. The largest absolute Gasteiger partial charge is 0.497 e. The summed E-state index contributed by atoms with van der Waals surface area (Å²) in [6.45, 7) is 4.95. The van der Waals surface area contributed by atoms with Gasteiger partial charge in [-0.2, -0.15) is 0 Å². The van der Waals surface area contributed by atoms with Gasteiger partial charge in [-0.15, -0.1) is 0 Å². The van der Waals surface area contributed by atoms with Gasteiger partial charge in [0.25, 0.3) is 5.91 Å². The summed E-state index contributed by atoms with van der Waals surface area (Å²) in [5.41, 5.74) is 1.61. The van der Waals surface area contributed by atoms with E-state index < -0.39 is 11.6 Å². The topological polar surface area (TPSA) is 42.0 Å².